The maximum absolute atomic E-state index is 5.83. The van der Waals surface area contributed by atoms with Gasteiger partial charge in [0.05, 0.1) is 6.04 Å². The molecule has 1 unspecified atom stereocenters. The fourth-order valence-electron chi connectivity index (χ4n) is 2.60. The van der Waals surface area contributed by atoms with E-state index in [0.717, 1.165) is 30.9 Å². The molecule has 2 rings (SSSR count). The quantitative estimate of drug-likeness (QED) is 0.784. The van der Waals surface area contributed by atoms with E-state index in [1.807, 2.05) is 13.0 Å². The molecular formula is C19H27NO. The first kappa shape index (κ1) is 15.8. The molecule has 1 aromatic carbocycles. The van der Waals surface area contributed by atoms with Crippen molar-refractivity contribution in [1.29, 1.82) is 0 Å². The zero-order chi connectivity index (χ0) is 15.2. The van der Waals surface area contributed by atoms with E-state index in [1.54, 1.807) is 0 Å². The molecule has 1 N–H and O–H groups in total. The largest absolute Gasteiger partial charge is 0.464 e. The Kier molecular flexibility index (Phi) is 5.63. The summed E-state index contributed by atoms with van der Waals surface area (Å²) in [6, 6.07) is 13.2. The number of hydrogen-bond donors (Lipinski definition) is 1. The standard InChI is InChI=1S/C19H27NO/c1-5-12-20-19(18-11-6-15(4)21-18)17-9-7-16(8-10-17)13-14(2)3/h6-11,14,19-20H,5,12-13H2,1-4H3. The molecule has 0 amide bonds. The molecule has 1 atom stereocenters. The second-order valence-electron chi connectivity index (χ2n) is 6.18. The van der Waals surface area contributed by atoms with Crippen LogP contribution in [0.4, 0.5) is 0 Å². The predicted molar refractivity (Wildman–Crippen MR) is 88.6 cm³/mol. The van der Waals surface area contributed by atoms with Gasteiger partial charge in [0.2, 0.25) is 0 Å². The zero-order valence-electron chi connectivity index (χ0n) is 13.6. The molecule has 0 aliphatic rings. The van der Waals surface area contributed by atoms with E-state index in [9.17, 15) is 0 Å². The average molecular weight is 285 g/mol. The first-order chi connectivity index (χ1) is 10.1. The van der Waals surface area contributed by atoms with E-state index < -0.39 is 0 Å². The number of furan rings is 1. The minimum Gasteiger partial charge on any atom is -0.464 e. The van der Waals surface area contributed by atoms with Gasteiger partial charge >= 0.3 is 0 Å². The highest BCUT2D eigenvalue weighted by atomic mass is 16.3. The van der Waals surface area contributed by atoms with Crippen molar-refractivity contribution < 1.29 is 4.42 Å². The van der Waals surface area contributed by atoms with Gasteiger partial charge in [-0.3, -0.25) is 0 Å². The lowest BCUT2D eigenvalue weighted by atomic mass is 9.98. The first-order valence-electron chi connectivity index (χ1n) is 7.98. The molecule has 0 aliphatic heterocycles. The van der Waals surface area contributed by atoms with Gasteiger partial charge in [-0.15, -0.1) is 0 Å². The van der Waals surface area contributed by atoms with E-state index in [4.69, 9.17) is 4.42 Å². The van der Waals surface area contributed by atoms with Gasteiger partial charge in [0.25, 0.3) is 0 Å². The number of nitrogens with one attached hydrogen (secondary N) is 1. The molecule has 2 aromatic rings. The minimum atomic E-state index is 0.145. The normalized spacial score (nSPS) is 12.8. The Morgan fingerprint density at radius 1 is 1.05 bits per heavy atom. The molecular weight excluding hydrogens is 258 g/mol. The van der Waals surface area contributed by atoms with Gasteiger partial charge in [-0.2, -0.15) is 0 Å². The number of aryl methyl sites for hydroxylation is 1. The molecule has 1 heterocycles. The molecule has 0 saturated carbocycles. The van der Waals surface area contributed by atoms with Crippen LogP contribution in [0.3, 0.4) is 0 Å². The van der Waals surface area contributed by atoms with Crippen LogP contribution in [0.2, 0.25) is 0 Å². The lowest BCUT2D eigenvalue weighted by Gasteiger charge is -2.17. The van der Waals surface area contributed by atoms with Crippen LogP contribution in [0.5, 0.6) is 0 Å². The monoisotopic (exact) mass is 285 g/mol. The molecule has 0 spiro atoms. The van der Waals surface area contributed by atoms with Crippen LogP contribution >= 0.6 is 0 Å². The Morgan fingerprint density at radius 2 is 1.76 bits per heavy atom. The lowest BCUT2D eigenvalue weighted by molar-refractivity contribution is 0.430. The fourth-order valence-corrected chi connectivity index (χ4v) is 2.60. The van der Waals surface area contributed by atoms with Crippen molar-refractivity contribution in [3.8, 4) is 0 Å². The van der Waals surface area contributed by atoms with E-state index in [1.165, 1.54) is 11.1 Å². The van der Waals surface area contributed by atoms with Crippen molar-refractivity contribution in [2.75, 3.05) is 6.54 Å². The number of benzene rings is 1. The Hall–Kier alpha value is -1.54. The zero-order valence-corrected chi connectivity index (χ0v) is 13.6. The van der Waals surface area contributed by atoms with Crippen molar-refractivity contribution in [3.05, 3.63) is 59.0 Å². The summed E-state index contributed by atoms with van der Waals surface area (Å²) >= 11 is 0. The van der Waals surface area contributed by atoms with Crippen LogP contribution in [0.1, 0.15) is 55.9 Å². The predicted octanol–water partition coefficient (Wildman–Crippen LogP) is 4.88. The summed E-state index contributed by atoms with van der Waals surface area (Å²) in [5.41, 5.74) is 2.67. The molecule has 2 nitrogen and oxygen atoms in total. The highest BCUT2D eigenvalue weighted by Crippen LogP contribution is 2.24. The van der Waals surface area contributed by atoms with Crippen molar-refractivity contribution in [2.45, 2.75) is 46.6 Å². The number of rotatable bonds is 7. The van der Waals surface area contributed by atoms with Gasteiger partial charge in [0, 0.05) is 0 Å². The summed E-state index contributed by atoms with van der Waals surface area (Å²) in [5.74, 6) is 2.65. The minimum absolute atomic E-state index is 0.145. The maximum Gasteiger partial charge on any atom is 0.125 e. The highest BCUT2D eigenvalue weighted by molar-refractivity contribution is 5.30. The SMILES string of the molecule is CCCNC(c1ccc(CC(C)C)cc1)c1ccc(C)o1. The van der Waals surface area contributed by atoms with Gasteiger partial charge in [-0.05, 0) is 55.5 Å². The summed E-state index contributed by atoms with van der Waals surface area (Å²) in [7, 11) is 0. The smallest absolute Gasteiger partial charge is 0.125 e. The van der Waals surface area contributed by atoms with Crippen molar-refractivity contribution >= 4 is 0 Å². The lowest BCUT2D eigenvalue weighted by Crippen LogP contribution is -2.22. The third-order valence-electron chi connectivity index (χ3n) is 3.60. The third-order valence-corrected chi connectivity index (χ3v) is 3.60. The summed E-state index contributed by atoms with van der Waals surface area (Å²) in [6.45, 7) is 9.67. The Bertz CT molecular complexity index is 539. The van der Waals surface area contributed by atoms with Crippen LogP contribution in [-0.2, 0) is 6.42 Å². The van der Waals surface area contributed by atoms with Crippen LogP contribution in [0.25, 0.3) is 0 Å². The summed E-state index contributed by atoms with van der Waals surface area (Å²) in [4.78, 5) is 0. The van der Waals surface area contributed by atoms with E-state index in [-0.39, 0.29) is 6.04 Å². The van der Waals surface area contributed by atoms with Gasteiger partial charge in [0.1, 0.15) is 11.5 Å². The van der Waals surface area contributed by atoms with Crippen LogP contribution < -0.4 is 5.32 Å². The molecule has 0 fully saturated rings. The molecule has 21 heavy (non-hydrogen) atoms. The molecule has 0 aliphatic carbocycles. The third kappa shape index (κ3) is 4.47. The Labute approximate surface area is 128 Å². The van der Waals surface area contributed by atoms with Gasteiger partial charge in [0.15, 0.2) is 0 Å². The molecule has 0 saturated heterocycles. The second kappa shape index (κ2) is 7.46. The molecule has 0 radical (unpaired) electrons. The average Bonchev–Trinajstić information content (AvgIpc) is 2.87. The highest BCUT2D eigenvalue weighted by Gasteiger charge is 2.16. The van der Waals surface area contributed by atoms with Crippen molar-refractivity contribution in [2.24, 2.45) is 5.92 Å². The number of hydrogen-bond acceptors (Lipinski definition) is 2. The van der Waals surface area contributed by atoms with Crippen LogP contribution in [0.15, 0.2) is 40.8 Å². The second-order valence-corrected chi connectivity index (χ2v) is 6.18. The first-order valence-corrected chi connectivity index (χ1v) is 7.98. The van der Waals surface area contributed by atoms with Crippen molar-refractivity contribution in [3.63, 3.8) is 0 Å². The summed E-state index contributed by atoms with van der Waals surface area (Å²) in [6.07, 6.45) is 2.24. The Balaban J connectivity index is 2.20. The van der Waals surface area contributed by atoms with Gasteiger partial charge < -0.3 is 9.73 Å². The summed E-state index contributed by atoms with van der Waals surface area (Å²) < 4.78 is 5.83. The van der Waals surface area contributed by atoms with E-state index >= 15 is 0 Å². The van der Waals surface area contributed by atoms with Gasteiger partial charge in [-0.1, -0.05) is 45.0 Å². The molecule has 2 heteroatoms. The van der Waals surface area contributed by atoms with Crippen molar-refractivity contribution in [1.82, 2.24) is 5.32 Å². The van der Waals surface area contributed by atoms with E-state index in [2.05, 4.69) is 56.4 Å². The van der Waals surface area contributed by atoms with Crippen LogP contribution in [-0.4, -0.2) is 6.54 Å². The fraction of sp³-hybridized carbons (Fsp3) is 0.474. The van der Waals surface area contributed by atoms with Crippen LogP contribution in [0, 0.1) is 12.8 Å². The molecule has 0 bridgehead atoms. The topological polar surface area (TPSA) is 25.2 Å². The molecule has 114 valence electrons. The van der Waals surface area contributed by atoms with E-state index in [0.29, 0.717) is 5.92 Å². The molecule has 1 aromatic heterocycles. The summed E-state index contributed by atoms with van der Waals surface area (Å²) in [5, 5.41) is 3.58. The maximum atomic E-state index is 5.83. The van der Waals surface area contributed by atoms with Gasteiger partial charge in [-0.25, -0.2) is 0 Å². The Morgan fingerprint density at radius 3 is 2.29 bits per heavy atom.